The van der Waals surface area contributed by atoms with Crippen molar-refractivity contribution in [2.45, 2.75) is 32.7 Å². The van der Waals surface area contributed by atoms with Crippen LogP contribution in [0.25, 0.3) is 0 Å². The van der Waals surface area contributed by atoms with Gasteiger partial charge in [0.15, 0.2) is 0 Å². The Bertz CT molecular complexity index is 558. The molecule has 0 aromatic heterocycles. The molecule has 2 rings (SSSR count). The van der Waals surface area contributed by atoms with Crippen molar-refractivity contribution in [1.82, 2.24) is 0 Å². The first-order valence-electron chi connectivity index (χ1n) is 7.14. The van der Waals surface area contributed by atoms with E-state index in [2.05, 4.69) is 45.0 Å². The molecule has 0 saturated heterocycles. The molecule has 0 fully saturated rings. The van der Waals surface area contributed by atoms with E-state index in [1.807, 2.05) is 24.3 Å². The molecule has 2 aromatic carbocycles. The smallest absolute Gasteiger partial charge is 0.119 e. The van der Waals surface area contributed by atoms with Crippen LogP contribution in [0.1, 0.15) is 37.0 Å². The second-order valence-electron chi connectivity index (χ2n) is 5.39. The maximum Gasteiger partial charge on any atom is 0.119 e. The zero-order chi connectivity index (χ0) is 14.6. The molecule has 20 heavy (non-hydrogen) atoms. The van der Waals surface area contributed by atoms with Crippen LogP contribution in [0, 0.1) is 6.92 Å². The van der Waals surface area contributed by atoms with Crippen molar-refractivity contribution < 1.29 is 4.74 Å². The van der Waals surface area contributed by atoms with Gasteiger partial charge in [-0.2, -0.15) is 0 Å². The normalized spacial score (nSPS) is 13.8. The number of benzene rings is 2. The highest BCUT2D eigenvalue weighted by Gasteiger charge is 2.25. The molecule has 2 N–H and O–H groups in total. The quantitative estimate of drug-likeness (QED) is 0.890. The van der Waals surface area contributed by atoms with E-state index >= 15 is 0 Å². The van der Waals surface area contributed by atoms with Crippen molar-refractivity contribution in [2.24, 2.45) is 5.73 Å². The molecular weight excluding hydrogens is 246 g/mol. The number of hydrogen-bond donors (Lipinski definition) is 1. The van der Waals surface area contributed by atoms with Crippen LogP contribution in [-0.4, -0.2) is 6.61 Å². The van der Waals surface area contributed by atoms with Crippen molar-refractivity contribution in [3.63, 3.8) is 0 Å². The summed E-state index contributed by atoms with van der Waals surface area (Å²) in [5.41, 5.74) is 9.54. The van der Waals surface area contributed by atoms with Gasteiger partial charge in [-0.1, -0.05) is 43.3 Å². The SMILES string of the molecule is CCCOc1ccc(C(C)(N)c2ccccc2C)cc1. The second-order valence-corrected chi connectivity index (χ2v) is 5.39. The number of ether oxygens (including phenoxy) is 1. The minimum atomic E-state index is -0.491. The fraction of sp³-hybridized carbons (Fsp3) is 0.333. The van der Waals surface area contributed by atoms with E-state index in [4.69, 9.17) is 10.5 Å². The van der Waals surface area contributed by atoms with E-state index < -0.39 is 5.54 Å². The van der Waals surface area contributed by atoms with Crippen molar-refractivity contribution >= 4 is 0 Å². The summed E-state index contributed by atoms with van der Waals surface area (Å²) in [6.07, 6.45) is 1.01. The van der Waals surface area contributed by atoms with E-state index in [0.717, 1.165) is 29.9 Å². The Morgan fingerprint density at radius 1 is 1.05 bits per heavy atom. The molecule has 2 nitrogen and oxygen atoms in total. The number of nitrogens with two attached hydrogens (primary N) is 1. The second kappa shape index (κ2) is 6.10. The Labute approximate surface area is 121 Å². The predicted octanol–water partition coefficient (Wildman–Crippen LogP) is 4.01. The van der Waals surface area contributed by atoms with Crippen molar-refractivity contribution in [1.29, 1.82) is 0 Å². The Balaban J connectivity index is 2.28. The first kappa shape index (κ1) is 14.6. The third-order valence-corrected chi connectivity index (χ3v) is 3.63. The van der Waals surface area contributed by atoms with Crippen LogP contribution in [0.3, 0.4) is 0 Å². The molecule has 0 amide bonds. The maximum absolute atomic E-state index is 6.57. The molecule has 0 aliphatic heterocycles. The van der Waals surface area contributed by atoms with Gasteiger partial charge in [0, 0.05) is 0 Å². The van der Waals surface area contributed by atoms with Crippen LogP contribution >= 0.6 is 0 Å². The van der Waals surface area contributed by atoms with Gasteiger partial charge in [-0.3, -0.25) is 0 Å². The van der Waals surface area contributed by atoms with Gasteiger partial charge >= 0.3 is 0 Å². The maximum atomic E-state index is 6.57. The molecule has 0 saturated carbocycles. The fourth-order valence-electron chi connectivity index (χ4n) is 2.43. The largest absolute Gasteiger partial charge is 0.494 e. The first-order chi connectivity index (χ1) is 9.55. The average molecular weight is 269 g/mol. The highest BCUT2D eigenvalue weighted by atomic mass is 16.5. The van der Waals surface area contributed by atoms with Crippen molar-refractivity contribution in [3.05, 3.63) is 65.2 Å². The molecule has 106 valence electrons. The summed E-state index contributed by atoms with van der Waals surface area (Å²) in [6, 6.07) is 16.4. The summed E-state index contributed by atoms with van der Waals surface area (Å²) >= 11 is 0. The Morgan fingerprint density at radius 2 is 1.70 bits per heavy atom. The van der Waals surface area contributed by atoms with Crippen LogP contribution in [0.4, 0.5) is 0 Å². The third kappa shape index (κ3) is 3.02. The van der Waals surface area contributed by atoms with Crippen LogP contribution in [0.5, 0.6) is 5.75 Å². The zero-order valence-corrected chi connectivity index (χ0v) is 12.5. The highest BCUT2D eigenvalue weighted by molar-refractivity contribution is 5.42. The minimum absolute atomic E-state index is 0.491. The Morgan fingerprint density at radius 3 is 2.30 bits per heavy atom. The monoisotopic (exact) mass is 269 g/mol. The highest BCUT2D eigenvalue weighted by Crippen LogP contribution is 2.29. The number of hydrogen-bond acceptors (Lipinski definition) is 2. The number of aryl methyl sites for hydroxylation is 1. The van der Waals surface area contributed by atoms with Gasteiger partial charge in [-0.25, -0.2) is 0 Å². The zero-order valence-electron chi connectivity index (χ0n) is 12.5. The predicted molar refractivity (Wildman–Crippen MR) is 84.0 cm³/mol. The van der Waals surface area contributed by atoms with E-state index in [-0.39, 0.29) is 0 Å². The molecule has 0 spiro atoms. The summed E-state index contributed by atoms with van der Waals surface area (Å²) in [6.45, 7) is 7.00. The molecular formula is C18H23NO. The third-order valence-electron chi connectivity index (χ3n) is 3.63. The Hall–Kier alpha value is -1.80. The van der Waals surface area contributed by atoms with Crippen LogP contribution in [0.15, 0.2) is 48.5 Å². The Kier molecular flexibility index (Phi) is 4.46. The van der Waals surface area contributed by atoms with Gasteiger partial charge in [0.05, 0.1) is 12.1 Å². The lowest BCUT2D eigenvalue weighted by Crippen LogP contribution is -2.35. The first-order valence-corrected chi connectivity index (χ1v) is 7.14. The van der Waals surface area contributed by atoms with Gasteiger partial charge in [0.1, 0.15) is 5.75 Å². The van der Waals surface area contributed by atoms with Crippen LogP contribution < -0.4 is 10.5 Å². The minimum Gasteiger partial charge on any atom is -0.494 e. The summed E-state index contributed by atoms with van der Waals surface area (Å²) in [5, 5.41) is 0. The molecule has 0 heterocycles. The molecule has 1 unspecified atom stereocenters. The molecule has 0 bridgehead atoms. The van der Waals surface area contributed by atoms with E-state index in [1.165, 1.54) is 5.56 Å². The van der Waals surface area contributed by atoms with Gasteiger partial charge < -0.3 is 10.5 Å². The topological polar surface area (TPSA) is 35.2 Å². The lowest BCUT2D eigenvalue weighted by molar-refractivity contribution is 0.317. The lowest BCUT2D eigenvalue weighted by atomic mass is 9.83. The molecule has 0 aliphatic carbocycles. The average Bonchev–Trinajstić information content (AvgIpc) is 2.46. The van der Waals surface area contributed by atoms with Crippen molar-refractivity contribution in [2.75, 3.05) is 6.61 Å². The standard InChI is InChI=1S/C18H23NO/c1-4-13-20-16-11-9-15(10-12-16)18(3,19)17-8-6-5-7-14(17)2/h5-12H,4,13,19H2,1-3H3. The summed E-state index contributed by atoms with van der Waals surface area (Å²) in [5.74, 6) is 0.899. The molecule has 0 radical (unpaired) electrons. The summed E-state index contributed by atoms with van der Waals surface area (Å²) < 4.78 is 5.61. The van der Waals surface area contributed by atoms with E-state index in [0.29, 0.717) is 0 Å². The van der Waals surface area contributed by atoms with E-state index in [9.17, 15) is 0 Å². The van der Waals surface area contributed by atoms with Gasteiger partial charge in [-0.15, -0.1) is 0 Å². The molecule has 2 aromatic rings. The van der Waals surface area contributed by atoms with E-state index in [1.54, 1.807) is 0 Å². The summed E-state index contributed by atoms with van der Waals surface area (Å²) in [7, 11) is 0. The molecule has 0 aliphatic rings. The van der Waals surface area contributed by atoms with Gasteiger partial charge in [-0.05, 0) is 49.1 Å². The van der Waals surface area contributed by atoms with Gasteiger partial charge in [0.2, 0.25) is 0 Å². The van der Waals surface area contributed by atoms with Crippen LogP contribution in [-0.2, 0) is 5.54 Å². The van der Waals surface area contributed by atoms with Crippen molar-refractivity contribution in [3.8, 4) is 5.75 Å². The number of rotatable bonds is 5. The fourth-order valence-corrected chi connectivity index (χ4v) is 2.43. The van der Waals surface area contributed by atoms with Crippen LogP contribution in [0.2, 0.25) is 0 Å². The molecule has 1 atom stereocenters. The lowest BCUT2D eigenvalue weighted by Gasteiger charge is -2.28. The summed E-state index contributed by atoms with van der Waals surface area (Å²) in [4.78, 5) is 0. The van der Waals surface area contributed by atoms with Gasteiger partial charge in [0.25, 0.3) is 0 Å². The molecule has 2 heteroatoms.